The normalized spacial score (nSPS) is 10.9. The molecule has 124 valence electrons. The van der Waals surface area contributed by atoms with Crippen molar-refractivity contribution in [3.8, 4) is 22.5 Å². The number of pyridine rings is 2. The number of hydrogen-bond acceptors (Lipinski definition) is 2. The van der Waals surface area contributed by atoms with Gasteiger partial charge in [-0.2, -0.15) is 0 Å². The molecule has 2 heteroatoms. The minimum Gasteiger partial charge on any atom is -0.255 e. The molecule has 0 amide bonds. The van der Waals surface area contributed by atoms with Crippen molar-refractivity contribution in [3.05, 3.63) is 108 Å². The van der Waals surface area contributed by atoms with Gasteiger partial charge in [0.1, 0.15) is 0 Å². The highest BCUT2D eigenvalue weighted by atomic mass is 14.8. The molecule has 2 nitrogen and oxygen atoms in total. The molecule has 0 bridgehead atoms. The second-order valence-corrected chi connectivity index (χ2v) is 6.01. The highest BCUT2D eigenvalue weighted by Gasteiger charge is 1.99. The Kier molecular flexibility index (Phi) is 4.66. The monoisotopic (exact) mass is 334 g/mol. The van der Waals surface area contributed by atoms with Crippen LogP contribution in [0.3, 0.4) is 0 Å². The SMILES string of the molecule is C(=C/c1ccc(-c2ccccn2)nc1)/c1ccc(-c2ccccc2)cc1. The van der Waals surface area contributed by atoms with Gasteiger partial charge in [0.25, 0.3) is 0 Å². The Morgan fingerprint density at radius 2 is 1.15 bits per heavy atom. The number of rotatable bonds is 4. The summed E-state index contributed by atoms with van der Waals surface area (Å²) in [5, 5.41) is 0. The van der Waals surface area contributed by atoms with Crippen LogP contribution < -0.4 is 0 Å². The molecule has 0 unspecified atom stereocenters. The fourth-order valence-corrected chi connectivity index (χ4v) is 2.78. The molecule has 0 radical (unpaired) electrons. The van der Waals surface area contributed by atoms with E-state index in [1.165, 1.54) is 16.7 Å². The Bertz CT molecular complexity index is 903. The van der Waals surface area contributed by atoms with Crippen LogP contribution in [0, 0.1) is 0 Å². The lowest BCUT2D eigenvalue weighted by Gasteiger charge is -2.02. The topological polar surface area (TPSA) is 25.8 Å². The van der Waals surface area contributed by atoms with Gasteiger partial charge in [-0.05, 0) is 40.5 Å². The van der Waals surface area contributed by atoms with Gasteiger partial charge in [-0.1, -0.05) is 78.9 Å². The summed E-state index contributed by atoms with van der Waals surface area (Å²) in [6.07, 6.45) is 7.84. The second kappa shape index (κ2) is 7.58. The van der Waals surface area contributed by atoms with Gasteiger partial charge in [0.2, 0.25) is 0 Å². The van der Waals surface area contributed by atoms with Gasteiger partial charge >= 0.3 is 0 Å². The minimum absolute atomic E-state index is 0.884. The first-order chi connectivity index (χ1) is 12.9. The van der Waals surface area contributed by atoms with Crippen molar-refractivity contribution < 1.29 is 0 Å². The van der Waals surface area contributed by atoms with Crippen LogP contribution in [0.4, 0.5) is 0 Å². The van der Waals surface area contributed by atoms with Crippen molar-refractivity contribution in [2.45, 2.75) is 0 Å². The quantitative estimate of drug-likeness (QED) is 0.459. The fraction of sp³-hybridized carbons (Fsp3) is 0. The van der Waals surface area contributed by atoms with E-state index in [0.29, 0.717) is 0 Å². The summed E-state index contributed by atoms with van der Waals surface area (Å²) in [6, 6.07) is 28.9. The van der Waals surface area contributed by atoms with Crippen LogP contribution >= 0.6 is 0 Å². The van der Waals surface area contributed by atoms with Gasteiger partial charge in [0.05, 0.1) is 11.4 Å². The highest BCUT2D eigenvalue weighted by molar-refractivity contribution is 5.72. The maximum atomic E-state index is 4.50. The molecule has 0 aliphatic carbocycles. The predicted octanol–water partition coefficient (Wildman–Crippen LogP) is 5.98. The van der Waals surface area contributed by atoms with Crippen LogP contribution in [0.1, 0.15) is 11.1 Å². The third-order valence-corrected chi connectivity index (χ3v) is 4.20. The zero-order valence-corrected chi connectivity index (χ0v) is 14.3. The Morgan fingerprint density at radius 1 is 0.500 bits per heavy atom. The Balaban J connectivity index is 1.48. The Hall–Kier alpha value is -3.52. The van der Waals surface area contributed by atoms with Crippen molar-refractivity contribution in [2.75, 3.05) is 0 Å². The molecule has 0 N–H and O–H groups in total. The van der Waals surface area contributed by atoms with Crippen molar-refractivity contribution >= 4 is 12.2 Å². The third kappa shape index (κ3) is 3.76. The van der Waals surface area contributed by atoms with Crippen molar-refractivity contribution in [1.29, 1.82) is 0 Å². The smallest absolute Gasteiger partial charge is 0.0886 e. The minimum atomic E-state index is 0.884. The van der Waals surface area contributed by atoms with E-state index in [2.05, 4.69) is 76.7 Å². The van der Waals surface area contributed by atoms with Crippen molar-refractivity contribution in [2.24, 2.45) is 0 Å². The number of aromatic nitrogens is 2. The summed E-state index contributed by atoms with van der Waals surface area (Å²) in [6.45, 7) is 0. The molecule has 26 heavy (non-hydrogen) atoms. The van der Waals surface area contributed by atoms with Gasteiger partial charge < -0.3 is 0 Å². The highest BCUT2D eigenvalue weighted by Crippen LogP contribution is 2.20. The van der Waals surface area contributed by atoms with Gasteiger partial charge in [0, 0.05) is 12.4 Å². The van der Waals surface area contributed by atoms with Gasteiger partial charge in [-0.15, -0.1) is 0 Å². The Morgan fingerprint density at radius 3 is 1.85 bits per heavy atom. The first kappa shape index (κ1) is 16.0. The molecule has 0 aliphatic rings. The van der Waals surface area contributed by atoms with E-state index in [-0.39, 0.29) is 0 Å². The molecule has 0 atom stereocenters. The Labute approximate surface area is 153 Å². The van der Waals surface area contributed by atoms with Crippen molar-refractivity contribution in [1.82, 2.24) is 9.97 Å². The van der Waals surface area contributed by atoms with E-state index in [1.807, 2.05) is 36.5 Å². The molecule has 0 saturated carbocycles. The molecule has 2 aromatic heterocycles. The fourth-order valence-electron chi connectivity index (χ4n) is 2.78. The van der Waals surface area contributed by atoms with Crippen LogP contribution in [0.2, 0.25) is 0 Å². The van der Waals surface area contributed by atoms with Crippen LogP contribution in [0.5, 0.6) is 0 Å². The van der Waals surface area contributed by atoms with Gasteiger partial charge in [-0.3, -0.25) is 9.97 Å². The number of nitrogens with zero attached hydrogens (tertiary/aromatic N) is 2. The van der Waals surface area contributed by atoms with Crippen LogP contribution in [-0.4, -0.2) is 9.97 Å². The van der Waals surface area contributed by atoms with E-state index in [4.69, 9.17) is 0 Å². The standard InChI is InChI=1S/C24H18N2/c1-2-6-21(7-3-1)22-14-11-19(12-15-22)9-10-20-13-16-24(26-18-20)23-8-4-5-17-25-23/h1-18H/b10-9-. The van der Waals surface area contributed by atoms with E-state index in [1.54, 1.807) is 6.20 Å². The summed E-state index contributed by atoms with van der Waals surface area (Å²) in [5.74, 6) is 0. The van der Waals surface area contributed by atoms with E-state index in [0.717, 1.165) is 17.0 Å². The largest absolute Gasteiger partial charge is 0.255 e. The lowest BCUT2D eigenvalue weighted by molar-refractivity contribution is 1.24. The van der Waals surface area contributed by atoms with Gasteiger partial charge in [0.15, 0.2) is 0 Å². The lowest BCUT2D eigenvalue weighted by atomic mass is 10.0. The maximum absolute atomic E-state index is 4.50. The second-order valence-electron chi connectivity index (χ2n) is 6.01. The summed E-state index contributed by atoms with van der Waals surface area (Å²) >= 11 is 0. The summed E-state index contributed by atoms with van der Waals surface area (Å²) in [5.41, 5.74) is 6.46. The zero-order chi connectivity index (χ0) is 17.6. The molecule has 0 spiro atoms. The zero-order valence-electron chi connectivity index (χ0n) is 14.3. The van der Waals surface area contributed by atoms with Crippen LogP contribution in [0.15, 0.2) is 97.3 Å². The number of hydrogen-bond donors (Lipinski definition) is 0. The average molecular weight is 334 g/mol. The first-order valence-electron chi connectivity index (χ1n) is 8.59. The maximum Gasteiger partial charge on any atom is 0.0886 e. The van der Waals surface area contributed by atoms with Crippen LogP contribution in [0.25, 0.3) is 34.7 Å². The first-order valence-corrected chi connectivity index (χ1v) is 8.59. The molecule has 4 rings (SSSR count). The van der Waals surface area contributed by atoms with Crippen molar-refractivity contribution in [3.63, 3.8) is 0 Å². The molecule has 4 aromatic rings. The third-order valence-electron chi connectivity index (χ3n) is 4.20. The lowest BCUT2D eigenvalue weighted by Crippen LogP contribution is -1.86. The van der Waals surface area contributed by atoms with Gasteiger partial charge in [-0.25, -0.2) is 0 Å². The summed E-state index contributed by atoms with van der Waals surface area (Å²) < 4.78 is 0. The molecular weight excluding hydrogens is 316 g/mol. The van der Waals surface area contributed by atoms with Crippen LogP contribution in [-0.2, 0) is 0 Å². The molecular formula is C24H18N2. The van der Waals surface area contributed by atoms with E-state index >= 15 is 0 Å². The molecule has 0 saturated heterocycles. The predicted molar refractivity (Wildman–Crippen MR) is 108 cm³/mol. The number of benzene rings is 2. The molecule has 0 aliphatic heterocycles. The van der Waals surface area contributed by atoms with E-state index < -0.39 is 0 Å². The molecule has 2 aromatic carbocycles. The molecule has 2 heterocycles. The molecule has 0 fully saturated rings. The average Bonchev–Trinajstić information content (AvgIpc) is 2.74. The summed E-state index contributed by atoms with van der Waals surface area (Å²) in [4.78, 5) is 8.83. The summed E-state index contributed by atoms with van der Waals surface area (Å²) in [7, 11) is 0. The van der Waals surface area contributed by atoms with E-state index in [9.17, 15) is 0 Å².